The molecule has 1 fully saturated rings. The van der Waals surface area contributed by atoms with Crippen LogP contribution < -0.4 is 0 Å². The fourth-order valence-electron chi connectivity index (χ4n) is 3.07. The van der Waals surface area contributed by atoms with Crippen molar-refractivity contribution >= 4 is 33.3 Å². The van der Waals surface area contributed by atoms with Gasteiger partial charge in [-0.25, -0.2) is 12.8 Å². The minimum absolute atomic E-state index is 0.0448. The topological polar surface area (TPSA) is 74.8 Å². The van der Waals surface area contributed by atoms with Crippen molar-refractivity contribution < 1.29 is 22.4 Å². The molecule has 1 heterocycles. The quantitative estimate of drug-likeness (QED) is 0.717. The predicted octanol–water partition coefficient (Wildman–Crippen LogP) is 2.17. The molecule has 154 valence electrons. The van der Waals surface area contributed by atoms with Gasteiger partial charge in [-0.2, -0.15) is 0 Å². The van der Waals surface area contributed by atoms with Crippen LogP contribution in [-0.2, 0) is 25.8 Å². The van der Waals surface area contributed by atoms with Gasteiger partial charge in [0.15, 0.2) is 9.84 Å². The average molecular weight is 439 g/mol. The van der Waals surface area contributed by atoms with Crippen LogP contribution in [-0.4, -0.2) is 62.0 Å². The Hall–Kier alpha value is -2.45. The second-order valence-electron chi connectivity index (χ2n) is 6.78. The molecule has 0 bridgehead atoms. The molecule has 1 aliphatic rings. The third-order valence-electron chi connectivity index (χ3n) is 4.74. The Balaban J connectivity index is 1.53. The van der Waals surface area contributed by atoms with Crippen molar-refractivity contribution in [2.75, 3.05) is 31.9 Å². The van der Waals surface area contributed by atoms with Crippen molar-refractivity contribution in [3.8, 4) is 0 Å². The molecule has 0 spiro atoms. The average Bonchev–Trinajstić information content (AvgIpc) is 2.70. The molecule has 0 saturated carbocycles. The highest BCUT2D eigenvalue weighted by Gasteiger charge is 2.28. The van der Waals surface area contributed by atoms with E-state index in [4.69, 9.17) is 11.6 Å². The maximum atomic E-state index is 13.0. The number of halogens is 2. The summed E-state index contributed by atoms with van der Waals surface area (Å²) in [5.74, 6) is -1.59. The molecular weight excluding hydrogens is 419 g/mol. The largest absolute Gasteiger partial charge is 0.339 e. The first-order valence-corrected chi connectivity index (χ1v) is 11.1. The summed E-state index contributed by atoms with van der Waals surface area (Å²) in [6.07, 6.45) is 0.152. The lowest BCUT2D eigenvalue weighted by atomic mass is 10.1. The molecule has 0 aliphatic carbocycles. The summed E-state index contributed by atoms with van der Waals surface area (Å²) in [4.78, 5) is 28.0. The molecule has 0 N–H and O–H groups in total. The van der Waals surface area contributed by atoms with E-state index in [1.165, 1.54) is 41.3 Å². The van der Waals surface area contributed by atoms with E-state index in [9.17, 15) is 22.4 Å². The number of carbonyl (C=O) groups is 2. The van der Waals surface area contributed by atoms with Gasteiger partial charge in [0.2, 0.25) is 11.8 Å². The fraction of sp³-hybridized carbons (Fsp3) is 0.300. The number of rotatable bonds is 5. The third kappa shape index (κ3) is 5.55. The highest BCUT2D eigenvalue weighted by atomic mass is 35.5. The van der Waals surface area contributed by atoms with Gasteiger partial charge < -0.3 is 9.80 Å². The first-order chi connectivity index (χ1) is 13.7. The van der Waals surface area contributed by atoms with E-state index in [1.807, 2.05) is 0 Å². The minimum atomic E-state index is -3.76. The summed E-state index contributed by atoms with van der Waals surface area (Å²) >= 11 is 5.77. The molecule has 1 saturated heterocycles. The second-order valence-corrected chi connectivity index (χ2v) is 9.20. The van der Waals surface area contributed by atoms with E-state index in [-0.39, 0.29) is 36.1 Å². The first kappa shape index (κ1) is 21.3. The van der Waals surface area contributed by atoms with Gasteiger partial charge >= 0.3 is 0 Å². The molecular formula is C20H20ClFN2O4S. The van der Waals surface area contributed by atoms with Gasteiger partial charge in [-0.05, 0) is 42.0 Å². The summed E-state index contributed by atoms with van der Waals surface area (Å²) in [5, 5.41) is 0.414. The lowest BCUT2D eigenvalue weighted by molar-refractivity contribution is -0.137. The van der Waals surface area contributed by atoms with Crippen LogP contribution in [0.5, 0.6) is 0 Å². The van der Waals surface area contributed by atoms with Crippen LogP contribution in [0, 0.1) is 5.82 Å². The fourth-order valence-corrected chi connectivity index (χ4v) is 4.42. The van der Waals surface area contributed by atoms with Crippen LogP contribution in [0.15, 0.2) is 53.4 Å². The molecule has 29 heavy (non-hydrogen) atoms. The molecule has 1 aliphatic heterocycles. The van der Waals surface area contributed by atoms with Crippen molar-refractivity contribution in [3.05, 3.63) is 64.9 Å². The normalized spacial score (nSPS) is 14.7. The van der Waals surface area contributed by atoms with Crippen LogP contribution in [0.2, 0.25) is 5.02 Å². The van der Waals surface area contributed by atoms with E-state index in [1.54, 1.807) is 17.0 Å². The Kier molecular flexibility index (Phi) is 6.54. The number of amides is 2. The van der Waals surface area contributed by atoms with Crippen molar-refractivity contribution in [1.29, 1.82) is 0 Å². The van der Waals surface area contributed by atoms with E-state index >= 15 is 0 Å². The van der Waals surface area contributed by atoms with Gasteiger partial charge in [-0.1, -0.05) is 23.7 Å². The van der Waals surface area contributed by atoms with Crippen molar-refractivity contribution in [2.45, 2.75) is 11.3 Å². The Labute approximate surface area is 173 Å². The van der Waals surface area contributed by atoms with E-state index in [0.717, 1.165) is 0 Å². The summed E-state index contributed by atoms with van der Waals surface area (Å²) in [7, 11) is -3.76. The van der Waals surface area contributed by atoms with Crippen LogP contribution >= 0.6 is 11.6 Å². The highest BCUT2D eigenvalue weighted by Crippen LogP contribution is 2.16. The van der Waals surface area contributed by atoms with Crippen LogP contribution in [0.4, 0.5) is 4.39 Å². The molecule has 3 rings (SSSR count). The van der Waals surface area contributed by atoms with E-state index in [2.05, 4.69) is 0 Å². The Morgan fingerprint density at radius 3 is 1.93 bits per heavy atom. The lowest BCUT2D eigenvalue weighted by Crippen LogP contribution is -2.52. The SMILES string of the molecule is O=C(Cc1ccc(F)cc1)N1CCN(C(=O)CS(=O)(=O)c2ccc(Cl)cc2)CC1. The maximum absolute atomic E-state index is 13.0. The molecule has 0 unspecified atom stereocenters. The third-order valence-corrected chi connectivity index (χ3v) is 6.61. The van der Waals surface area contributed by atoms with E-state index in [0.29, 0.717) is 23.7 Å². The molecule has 0 atom stereocenters. The van der Waals surface area contributed by atoms with Gasteiger partial charge in [-0.15, -0.1) is 0 Å². The number of hydrogen-bond donors (Lipinski definition) is 0. The molecule has 2 amide bonds. The Morgan fingerprint density at radius 2 is 1.38 bits per heavy atom. The predicted molar refractivity (Wildman–Crippen MR) is 107 cm³/mol. The summed E-state index contributed by atoms with van der Waals surface area (Å²) in [6, 6.07) is 11.4. The van der Waals surface area contributed by atoms with Gasteiger partial charge in [0.1, 0.15) is 11.6 Å². The number of piperazine rings is 1. The maximum Gasteiger partial charge on any atom is 0.238 e. The number of sulfone groups is 1. The lowest BCUT2D eigenvalue weighted by Gasteiger charge is -2.34. The molecule has 2 aromatic carbocycles. The van der Waals surface area contributed by atoms with Crippen molar-refractivity contribution in [1.82, 2.24) is 9.80 Å². The zero-order chi connectivity index (χ0) is 21.0. The van der Waals surface area contributed by atoms with Gasteiger partial charge in [0.25, 0.3) is 0 Å². The molecule has 0 aromatic heterocycles. The number of hydrogen-bond acceptors (Lipinski definition) is 4. The molecule has 0 radical (unpaired) electrons. The zero-order valence-corrected chi connectivity index (χ0v) is 17.1. The van der Waals surface area contributed by atoms with Crippen LogP contribution in [0.25, 0.3) is 0 Å². The number of benzene rings is 2. The van der Waals surface area contributed by atoms with Gasteiger partial charge in [-0.3, -0.25) is 9.59 Å². The van der Waals surface area contributed by atoms with Crippen LogP contribution in [0.3, 0.4) is 0 Å². The van der Waals surface area contributed by atoms with Crippen LogP contribution in [0.1, 0.15) is 5.56 Å². The summed E-state index contributed by atoms with van der Waals surface area (Å²) in [5.41, 5.74) is 0.712. The minimum Gasteiger partial charge on any atom is -0.339 e. The first-order valence-electron chi connectivity index (χ1n) is 9.03. The summed E-state index contributed by atoms with van der Waals surface area (Å²) < 4.78 is 37.8. The Bertz CT molecular complexity index is 986. The highest BCUT2D eigenvalue weighted by molar-refractivity contribution is 7.92. The Morgan fingerprint density at radius 1 is 0.862 bits per heavy atom. The van der Waals surface area contributed by atoms with Crippen molar-refractivity contribution in [2.24, 2.45) is 0 Å². The monoisotopic (exact) mass is 438 g/mol. The number of carbonyl (C=O) groups excluding carboxylic acids is 2. The molecule has 6 nitrogen and oxygen atoms in total. The number of nitrogens with zero attached hydrogens (tertiary/aromatic N) is 2. The van der Waals surface area contributed by atoms with Crippen molar-refractivity contribution in [3.63, 3.8) is 0 Å². The standard InChI is InChI=1S/C20H20ClFN2O4S/c21-16-3-7-18(8-4-16)29(27,28)14-20(26)24-11-9-23(10-12-24)19(25)13-15-1-5-17(22)6-2-15/h1-8H,9-14H2. The van der Waals surface area contributed by atoms with E-state index < -0.39 is 21.5 Å². The zero-order valence-electron chi connectivity index (χ0n) is 15.6. The second kappa shape index (κ2) is 8.92. The summed E-state index contributed by atoms with van der Waals surface area (Å²) in [6.45, 7) is 1.19. The van der Waals surface area contributed by atoms with Gasteiger partial charge in [0.05, 0.1) is 11.3 Å². The molecule has 2 aromatic rings. The smallest absolute Gasteiger partial charge is 0.238 e. The van der Waals surface area contributed by atoms with Gasteiger partial charge in [0, 0.05) is 31.2 Å². The molecule has 9 heteroatoms.